The number of carbonyl (C=O) groups is 1. The maximum absolute atomic E-state index is 14.1. The number of pyridine rings is 1. The van der Waals surface area contributed by atoms with Crippen LogP contribution in [0.4, 0.5) is 14.9 Å². The number of hydrogen-bond acceptors (Lipinski definition) is 5. The zero-order chi connectivity index (χ0) is 22.8. The number of rotatable bonds is 5. The van der Waals surface area contributed by atoms with Gasteiger partial charge in [0.05, 0.1) is 23.9 Å². The number of urea groups is 1. The highest BCUT2D eigenvalue weighted by Crippen LogP contribution is 2.33. The summed E-state index contributed by atoms with van der Waals surface area (Å²) in [6, 6.07) is 10.8. The molecule has 2 amide bonds. The van der Waals surface area contributed by atoms with Crippen LogP contribution in [-0.2, 0) is 11.3 Å². The highest BCUT2D eigenvalue weighted by atomic mass is 19.1. The molecule has 2 aliphatic heterocycles. The van der Waals surface area contributed by atoms with Crippen molar-refractivity contribution >= 4 is 22.6 Å². The van der Waals surface area contributed by atoms with Crippen LogP contribution in [0.3, 0.4) is 0 Å². The Morgan fingerprint density at radius 1 is 1.12 bits per heavy atom. The first kappa shape index (κ1) is 21.3. The number of nitrogens with one attached hydrogen (secondary N) is 2. The number of aromatic nitrogens is 1. The third-order valence-electron chi connectivity index (χ3n) is 5.80. The average molecular weight is 453 g/mol. The SMILES string of the molecule is O=C(Nc1ccccc1F)N(Cc1cc2cc3c(cc2[nH]c1=O)OCCO3)C[C@@H]1CCCO1. The Bertz CT molecular complexity index is 1240. The van der Waals surface area contributed by atoms with E-state index >= 15 is 0 Å². The molecule has 3 aromatic rings. The Hall–Kier alpha value is -3.59. The zero-order valence-electron chi connectivity index (χ0n) is 17.9. The molecule has 1 fully saturated rings. The van der Waals surface area contributed by atoms with Crippen LogP contribution < -0.4 is 20.3 Å². The van der Waals surface area contributed by atoms with E-state index in [4.69, 9.17) is 14.2 Å². The van der Waals surface area contributed by atoms with E-state index in [1.165, 1.54) is 17.0 Å². The molecule has 8 nitrogen and oxygen atoms in total. The molecule has 172 valence electrons. The van der Waals surface area contributed by atoms with Crippen molar-refractivity contribution in [2.24, 2.45) is 0 Å². The molecule has 1 saturated heterocycles. The second kappa shape index (κ2) is 9.11. The normalized spacial score (nSPS) is 17.2. The summed E-state index contributed by atoms with van der Waals surface area (Å²) in [6.45, 7) is 1.88. The molecule has 2 aliphatic rings. The molecule has 2 N–H and O–H groups in total. The lowest BCUT2D eigenvalue weighted by Crippen LogP contribution is -2.41. The Kier molecular flexibility index (Phi) is 5.87. The maximum atomic E-state index is 14.1. The molecule has 1 aromatic heterocycles. The number of ether oxygens (including phenoxy) is 3. The van der Waals surface area contributed by atoms with Gasteiger partial charge in [0.1, 0.15) is 19.0 Å². The monoisotopic (exact) mass is 453 g/mol. The van der Waals surface area contributed by atoms with Gasteiger partial charge in [-0.1, -0.05) is 12.1 Å². The number of para-hydroxylation sites is 1. The molecule has 33 heavy (non-hydrogen) atoms. The van der Waals surface area contributed by atoms with E-state index in [0.717, 1.165) is 18.2 Å². The van der Waals surface area contributed by atoms with E-state index in [1.807, 2.05) is 6.07 Å². The standard InChI is InChI=1S/C24H24FN3O5/c25-18-5-1-2-6-19(18)27-24(30)28(14-17-4-3-7-31-17)13-16-10-15-11-21-22(33-9-8-32-21)12-20(15)26-23(16)29/h1-2,5-6,10-12,17H,3-4,7-9,13-14H2,(H,26,29)(H,27,30)/t17-/m0/s1. The summed E-state index contributed by atoms with van der Waals surface area (Å²) in [5.41, 5.74) is 0.793. The van der Waals surface area contributed by atoms with Gasteiger partial charge in [0.25, 0.3) is 5.56 Å². The third-order valence-corrected chi connectivity index (χ3v) is 5.80. The largest absolute Gasteiger partial charge is 0.486 e. The summed E-state index contributed by atoms with van der Waals surface area (Å²) in [5, 5.41) is 3.37. The van der Waals surface area contributed by atoms with Crippen LogP contribution in [0.15, 0.2) is 47.3 Å². The minimum Gasteiger partial charge on any atom is -0.486 e. The fraction of sp³-hybridized carbons (Fsp3) is 0.333. The van der Waals surface area contributed by atoms with Gasteiger partial charge in [-0.3, -0.25) is 4.79 Å². The van der Waals surface area contributed by atoms with E-state index in [9.17, 15) is 14.0 Å². The fourth-order valence-electron chi connectivity index (χ4n) is 4.12. The van der Waals surface area contributed by atoms with Crippen molar-refractivity contribution in [2.75, 3.05) is 31.7 Å². The predicted molar refractivity (Wildman–Crippen MR) is 120 cm³/mol. The topological polar surface area (TPSA) is 92.9 Å². The lowest BCUT2D eigenvalue weighted by molar-refractivity contribution is 0.0818. The van der Waals surface area contributed by atoms with Gasteiger partial charge in [-0.2, -0.15) is 0 Å². The average Bonchev–Trinajstić information content (AvgIpc) is 3.32. The van der Waals surface area contributed by atoms with Crippen molar-refractivity contribution in [3.63, 3.8) is 0 Å². The molecule has 0 aliphatic carbocycles. The fourth-order valence-corrected chi connectivity index (χ4v) is 4.12. The molecule has 0 saturated carbocycles. The summed E-state index contributed by atoms with van der Waals surface area (Å²) in [6.07, 6.45) is 1.60. The Morgan fingerprint density at radius 3 is 2.67 bits per heavy atom. The number of carbonyl (C=O) groups excluding carboxylic acids is 1. The van der Waals surface area contributed by atoms with Crippen LogP contribution in [0.25, 0.3) is 10.9 Å². The first-order valence-corrected chi connectivity index (χ1v) is 10.9. The molecular weight excluding hydrogens is 429 g/mol. The second-order valence-corrected chi connectivity index (χ2v) is 8.13. The summed E-state index contributed by atoms with van der Waals surface area (Å²) >= 11 is 0. The Balaban J connectivity index is 1.43. The predicted octanol–water partition coefficient (Wildman–Crippen LogP) is 3.65. The number of fused-ring (bicyclic) bond motifs is 2. The molecule has 5 rings (SSSR count). The molecule has 0 radical (unpaired) electrons. The summed E-state index contributed by atoms with van der Waals surface area (Å²) < 4.78 is 31.0. The molecule has 1 atom stereocenters. The van der Waals surface area contributed by atoms with Gasteiger partial charge in [-0.05, 0) is 37.1 Å². The molecule has 0 spiro atoms. The van der Waals surface area contributed by atoms with Crippen LogP contribution in [-0.4, -0.2) is 48.4 Å². The van der Waals surface area contributed by atoms with Gasteiger partial charge in [-0.15, -0.1) is 0 Å². The van der Waals surface area contributed by atoms with Gasteiger partial charge in [0, 0.05) is 30.2 Å². The number of halogens is 1. The lowest BCUT2D eigenvalue weighted by Gasteiger charge is -2.26. The van der Waals surface area contributed by atoms with Gasteiger partial charge in [0.15, 0.2) is 11.5 Å². The van der Waals surface area contributed by atoms with Crippen LogP contribution >= 0.6 is 0 Å². The van der Waals surface area contributed by atoms with Gasteiger partial charge < -0.3 is 29.4 Å². The van der Waals surface area contributed by atoms with Gasteiger partial charge in [-0.25, -0.2) is 9.18 Å². The molecular formula is C24H24FN3O5. The van der Waals surface area contributed by atoms with Crippen molar-refractivity contribution in [3.8, 4) is 11.5 Å². The van der Waals surface area contributed by atoms with Crippen molar-refractivity contribution < 1.29 is 23.4 Å². The van der Waals surface area contributed by atoms with Crippen molar-refractivity contribution in [3.05, 3.63) is 64.2 Å². The van der Waals surface area contributed by atoms with E-state index in [0.29, 0.717) is 48.9 Å². The van der Waals surface area contributed by atoms with E-state index < -0.39 is 11.8 Å². The summed E-state index contributed by atoms with van der Waals surface area (Å²) in [5.74, 6) is 0.667. The molecule has 2 aromatic carbocycles. The number of nitrogens with zero attached hydrogens (tertiary/aromatic N) is 1. The number of amides is 2. The maximum Gasteiger partial charge on any atom is 0.322 e. The van der Waals surface area contributed by atoms with E-state index in [-0.39, 0.29) is 23.9 Å². The van der Waals surface area contributed by atoms with Gasteiger partial charge in [0.2, 0.25) is 0 Å². The number of anilines is 1. The van der Waals surface area contributed by atoms with Crippen LogP contribution in [0.1, 0.15) is 18.4 Å². The third kappa shape index (κ3) is 4.63. The first-order valence-electron chi connectivity index (χ1n) is 10.9. The smallest absolute Gasteiger partial charge is 0.322 e. The lowest BCUT2D eigenvalue weighted by atomic mass is 10.1. The Morgan fingerprint density at radius 2 is 1.91 bits per heavy atom. The number of H-pyrrole nitrogens is 1. The molecule has 9 heteroatoms. The van der Waals surface area contributed by atoms with Crippen molar-refractivity contribution in [1.82, 2.24) is 9.88 Å². The number of aromatic amines is 1. The number of benzene rings is 2. The van der Waals surface area contributed by atoms with Crippen molar-refractivity contribution in [2.45, 2.75) is 25.5 Å². The Labute approximate surface area is 189 Å². The molecule has 0 unspecified atom stereocenters. The van der Waals surface area contributed by atoms with Crippen molar-refractivity contribution in [1.29, 1.82) is 0 Å². The van der Waals surface area contributed by atoms with Crippen LogP contribution in [0, 0.1) is 5.82 Å². The second-order valence-electron chi connectivity index (χ2n) is 8.13. The summed E-state index contributed by atoms with van der Waals surface area (Å²) in [7, 11) is 0. The summed E-state index contributed by atoms with van der Waals surface area (Å²) in [4.78, 5) is 30.2. The van der Waals surface area contributed by atoms with E-state index in [1.54, 1.807) is 24.3 Å². The minimum atomic E-state index is -0.529. The zero-order valence-corrected chi connectivity index (χ0v) is 17.9. The quantitative estimate of drug-likeness (QED) is 0.615. The first-order chi connectivity index (χ1) is 16.1. The minimum absolute atomic E-state index is 0.0415. The van der Waals surface area contributed by atoms with Crippen LogP contribution in [0.5, 0.6) is 11.5 Å². The molecule has 0 bridgehead atoms. The molecule has 3 heterocycles. The number of hydrogen-bond donors (Lipinski definition) is 2. The van der Waals surface area contributed by atoms with Gasteiger partial charge >= 0.3 is 6.03 Å². The van der Waals surface area contributed by atoms with E-state index in [2.05, 4.69) is 10.3 Å². The highest BCUT2D eigenvalue weighted by molar-refractivity contribution is 5.89. The van der Waals surface area contributed by atoms with Crippen LogP contribution in [0.2, 0.25) is 0 Å². The highest BCUT2D eigenvalue weighted by Gasteiger charge is 2.24.